The Balaban J connectivity index is 4.01. The Morgan fingerprint density at radius 1 is 1.30 bits per heavy atom. The third-order valence-corrected chi connectivity index (χ3v) is 1.51. The summed E-state index contributed by atoms with van der Waals surface area (Å²) in [6.07, 6.45) is 5.11. The molecule has 0 saturated heterocycles. The highest BCUT2D eigenvalue weighted by Crippen LogP contribution is 2.02. The monoisotopic (exact) mass is 177 g/mol. The van der Waals surface area contributed by atoms with Gasteiger partial charge in [-0.15, -0.1) is 0 Å². The van der Waals surface area contributed by atoms with E-state index in [0.717, 1.165) is 0 Å². The molecule has 0 aliphatic carbocycles. The maximum Gasteiger partial charge on any atom is 0.123 e. The SMILES string of the molecule is CC=C(Cl)C=CC(Cl)=NC. The van der Waals surface area contributed by atoms with Gasteiger partial charge < -0.3 is 0 Å². The Bertz CT molecular complexity index is 160. The summed E-state index contributed by atoms with van der Waals surface area (Å²) in [4.78, 5) is 3.70. The van der Waals surface area contributed by atoms with Gasteiger partial charge in [0.2, 0.25) is 0 Å². The Labute approximate surface area is 71.1 Å². The zero-order valence-electron chi connectivity index (χ0n) is 5.94. The summed E-state index contributed by atoms with van der Waals surface area (Å²) in [5.74, 6) is 0. The van der Waals surface area contributed by atoms with Crippen LogP contribution in [0.15, 0.2) is 28.3 Å². The fraction of sp³-hybridized carbons (Fsp3) is 0.286. The first-order valence-electron chi connectivity index (χ1n) is 2.83. The molecular formula is C7H9Cl2N. The molecule has 0 aromatic rings. The van der Waals surface area contributed by atoms with Crippen LogP contribution in [0.1, 0.15) is 6.92 Å². The average Bonchev–Trinajstić information content (AvgIpc) is 1.99. The predicted molar refractivity (Wildman–Crippen MR) is 48.0 cm³/mol. The van der Waals surface area contributed by atoms with Crippen LogP contribution in [0.3, 0.4) is 0 Å². The van der Waals surface area contributed by atoms with Crippen molar-refractivity contribution in [3.63, 3.8) is 0 Å². The highest BCUT2D eigenvalue weighted by Gasteiger charge is 1.83. The molecule has 0 bridgehead atoms. The maximum atomic E-state index is 5.63. The minimum Gasteiger partial charge on any atom is -0.277 e. The van der Waals surface area contributed by atoms with E-state index in [-0.39, 0.29) is 0 Å². The van der Waals surface area contributed by atoms with Crippen LogP contribution in [-0.2, 0) is 0 Å². The molecule has 10 heavy (non-hydrogen) atoms. The Kier molecular flexibility index (Phi) is 5.36. The van der Waals surface area contributed by atoms with Gasteiger partial charge >= 0.3 is 0 Å². The number of nitrogens with zero attached hydrogens (tertiary/aromatic N) is 1. The molecule has 0 aromatic carbocycles. The lowest BCUT2D eigenvalue weighted by atomic mass is 10.4. The smallest absolute Gasteiger partial charge is 0.123 e. The summed E-state index contributed by atoms with van der Waals surface area (Å²) in [5, 5.41) is 1.10. The second-order valence-corrected chi connectivity index (χ2v) is 2.38. The number of aliphatic imine (C=N–C) groups is 1. The fourth-order valence-electron chi connectivity index (χ4n) is 0.319. The topological polar surface area (TPSA) is 12.4 Å². The van der Waals surface area contributed by atoms with Crippen molar-refractivity contribution in [3.8, 4) is 0 Å². The normalized spacial score (nSPS) is 14.8. The largest absolute Gasteiger partial charge is 0.277 e. The van der Waals surface area contributed by atoms with Crippen molar-refractivity contribution >= 4 is 28.4 Å². The van der Waals surface area contributed by atoms with Gasteiger partial charge in [-0.1, -0.05) is 29.3 Å². The van der Waals surface area contributed by atoms with Crippen LogP contribution in [0, 0.1) is 0 Å². The molecule has 0 aromatic heterocycles. The summed E-state index contributed by atoms with van der Waals surface area (Å²) in [6, 6.07) is 0. The van der Waals surface area contributed by atoms with Crippen molar-refractivity contribution in [3.05, 3.63) is 23.3 Å². The summed E-state index contributed by atoms with van der Waals surface area (Å²) in [5.41, 5.74) is 0. The van der Waals surface area contributed by atoms with Gasteiger partial charge in [-0.05, 0) is 19.1 Å². The van der Waals surface area contributed by atoms with E-state index in [1.54, 1.807) is 25.3 Å². The average molecular weight is 178 g/mol. The van der Waals surface area contributed by atoms with Crippen LogP contribution in [0.2, 0.25) is 0 Å². The van der Waals surface area contributed by atoms with E-state index in [1.165, 1.54) is 0 Å². The lowest BCUT2D eigenvalue weighted by Crippen LogP contribution is -1.76. The van der Waals surface area contributed by atoms with Gasteiger partial charge in [0.05, 0.1) is 0 Å². The molecule has 0 rings (SSSR count). The summed E-state index contributed by atoms with van der Waals surface area (Å²) in [7, 11) is 1.62. The fourth-order valence-corrected chi connectivity index (χ4v) is 0.445. The second kappa shape index (κ2) is 5.51. The summed E-state index contributed by atoms with van der Waals surface area (Å²) >= 11 is 11.2. The molecule has 0 radical (unpaired) electrons. The molecule has 0 heterocycles. The van der Waals surface area contributed by atoms with Gasteiger partial charge in [-0.25, -0.2) is 0 Å². The molecule has 56 valence electrons. The molecule has 0 aliphatic heterocycles. The zero-order valence-corrected chi connectivity index (χ0v) is 7.45. The molecule has 3 heteroatoms. The lowest BCUT2D eigenvalue weighted by Gasteiger charge is -1.84. The van der Waals surface area contributed by atoms with Crippen molar-refractivity contribution in [2.45, 2.75) is 6.92 Å². The number of allylic oxidation sites excluding steroid dienone is 4. The standard InChI is InChI=1S/C7H9Cl2N/c1-3-6(8)4-5-7(9)10-2/h3-5H,1-2H3. The quantitative estimate of drug-likeness (QED) is 0.455. The third kappa shape index (κ3) is 4.59. The van der Waals surface area contributed by atoms with E-state index < -0.39 is 0 Å². The number of rotatable bonds is 2. The Morgan fingerprint density at radius 2 is 1.90 bits per heavy atom. The van der Waals surface area contributed by atoms with E-state index in [1.807, 2.05) is 6.92 Å². The first kappa shape index (κ1) is 9.73. The van der Waals surface area contributed by atoms with Crippen LogP contribution in [0.4, 0.5) is 0 Å². The first-order valence-corrected chi connectivity index (χ1v) is 3.58. The highest BCUT2D eigenvalue weighted by atomic mass is 35.5. The van der Waals surface area contributed by atoms with Crippen molar-refractivity contribution in [2.75, 3.05) is 7.05 Å². The molecule has 0 spiro atoms. The molecule has 0 saturated carbocycles. The minimum absolute atomic E-state index is 0.444. The van der Waals surface area contributed by atoms with E-state index in [2.05, 4.69) is 4.99 Å². The lowest BCUT2D eigenvalue weighted by molar-refractivity contribution is 1.47. The molecule has 0 aliphatic rings. The van der Waals surface area contributed by atoms with Crippen LogP contribution in [-0.4, -0.2) is 12.2 Å². The number of hydrogen-bond donors (Lipinski definition) is 0. The number of hydrogen-bond acceptors (Lipinski definition) is 1. The van der Waals surface area contributed by atoms with Crippen LogP contribution >= 0.6 is 23.2 Å². The van der Waals surface area contributed by atoms with Crippen molar-refractivity contribution in [2.24, 2.45) is 4.99 Å². The van der Waals surface area contributed by atoms with Crippen LogP contribution in [0.5, 0.6) is 0 Å². The van der Waals surface area contributed by atoms with Crippen LogP contribution in [0.25, 0.3) is 0 Å². The van der Waals surface area contributed by atoms with E-state index >= 15 is 0 Å². The molecule has 0 unspecified atom stereocenters. The van der Waals surface area contributed by atoms with Crippen molar-refractivity contribution < 1.29 is 0 Å². The van der Waals surface area contributed by atoms with Gasteiger partial charge in [0.15, 0.2) is 0 Å². The van der Waals surface area contributed by atoms with Gasteiger partial charge in [0.25, 0.3) is 0 Å². The van der Waals surface area contributed by atoms with Gasteiger partial charge in [-0.2, -0.15) is 0 Å². The molecule has 0 fully saturated rings. The molecule has 0 amide bonds. The second-order valence-electron chi connectivity index (χ2n) is 1.55. The predicted octanol–water partition coefficient (Wildman–Crippen LogP) is 2.95. The Morgan fingerprint density at radius 3 is 2.30 bits per heavy atom. The van der Waals surface area contributed by atoms with E-state index in [4.69, 9.17) is 23.2 Å². The zero-order chi connectivity index (χ0) is 7.98. The van der Waals surface area contributed by atoms with Gasteiger partial charge in [-0.3, -0.25) is 4.99 Å². The van der Waals surface area contributed by atoms with Crippen molar-refractivity contribution in [1.82, 2.24) is 0 Å². The van der Waals surface area contributed by atoms with Crippen LogP contribution < -0.4 is 0 Å². The van der Waals surface area contributed by atoms with Gasteiger partial charge in [0, 0.05) is 12.1 Å². The molecule has 1 nitrogen and oxygen atoms in total. The van der Waals surface area contributed by atoms with E-state index in [0.29, 0.717) is 10.2 Å². The highest BCUT2D eigenvalue weighted by molar-refractivity contribution is 6.68. The molecular weight excluding hydrogens is 169 g/mol. The van der Waals surface area contributed by atoms with Crippen molar-refractivity contribution in [1.29, 1.82) is 0 Å². The third-order valence-electron chi connectivity index (χ3n) is 0.869. The van der Waals surface area contributed by atoms with E-state index in [9.17, 15) is 0 Å². The Hall–Kier alpha value is -0.270. The molecule has 0 N–H and O–H groups in total. The summed E-state index contributed by atoms with van der Waals surface area (Å²) in [6.45, 7) is 1.85. The maximum absolute atomic E-state index is 5.63. The number of halogens is 2. The molecule has 0 atom stereocenters. The summed E-state index contributed by atoms with van der Waals surface area (Å²) < 4.78 is 0. The first-order chi connectivity index (χ1) is 4.70. The minimum atomic E-state index is 0.444. The van der Waals surface area contributed by atoms with Gasteiger partial charge in [0.1, 0.15) is 5.17 Å².